The van der Waals surface area contributed by atoms with Crippen LogP contribution in [-0.4, -0.2) is 5.91 Å². The molecule has 0 spiro atoms. The summed E-state index contributed by atoms with van der Waals surface area (Å²) in [5.74, 6) is -0.515. The number of nitrogens with one attached hydrogen (secondary N) is 1. The van der Waals surface area contributed by atoms with Gasteiger partial charge < -0.3 is 16.8 Å². The fourth-order valence-corrected chi connectivity index (χ4v) is 2.09. The fraction of sp³-hybridized carbons (Fsp3) is 0. The highest BCUT2D eigenvalue weighted by atomic mass is 79.9. The van der Waals surface area contributed by atoms with Crippen LogP contribution in [0.3, 0.4) is 0 Å². The second-order valence-electron chi connectivity index (χ2n) is 3.92. The number of carbonyl (C=O) groups excluding carboxylic acids is 1. The van der Waals surface area contributed by atoms with Crippen LogP contribution in [0.5, 0.6) is 0 Å². The number of carbonyl (C=O) groups is 1. The molecule has 5 N–H and O–H groups in total. The number of rotatable bonds is 3. The molecule has 0 aliphatic heterocycles. The Morgan fingerprint density at radius 3 is 2.53 bits per heavy atom. The normalized spacial score (nSPS) is 10.2. The van der Waals surface area contributed by atoms with Crippen LogP contribution < -0.4 is 16.8 Å². The monoisotopic (exact) mass is 339 g/mol. The summed E-state index contributed by atoms with van der Waals surface area (Å²) in [6.45, 7) is 0. The van der Waals surface area contributed by atoms with Crippen molar-refractivity contribution < 1.29 is 4.79 Å². The van der Waals surface area contributed by atoms with Crippen LogP contribution in [0.15, 0.2) is 40.9 Å². The number of anilines is 3. The lowest BCUT2D eigenvalue weighted by Gasteiger charge is -2.12. The lowest BCUT2D eigenvalue weighted by atomic mass is 10.1. The molecule has 19 heavy (non-hydrogen) atoms. The van der Waals surface area contributed by atoms with Gasteiger partial charge in [0.2, 0.25) is 5.91 Å². The minimum atomic E-state index is -0.515. The Kier molecular flexibility index (Phi) is 3.97. The topological polar surface area (TPSA) is 81.1 Å². The van der Waals surface area contributed by atoms with E-state index in [1.165, 1.54) is 6.07 Å². The summed E-state index contributed by atoms with van der Waals surface area (Å²) >= 11 is 9.45. The summed E-state index contributed by atoms with van der Waals surface area (Å²) in [7, 11) is 0. The molecule has 98 valence electrons. The predicted molar refractivity (Wildman–Crippen MR) is 81.8 cm³/mol. The second kappa shape index (κ2) is 5.50. The highest BCUT2D eigenvalue weighted by molar-refractivity contribution is 9.10. The summed E-state index contributed by atoms with van der Waals surface area (Å²) in [6.07, 6.45) is 0. The van der Waals surface area contributed by atoms with Crippen LogP contribution in [-0.2, 0) is 0 Å². The van der Waals surface area contributed by atoms with Gasteiger partial charge in [0.15, 0.2) is 0 Å². The number of nitrogen functional groups attached to an aromatic ring is 1. The molecule has 0 saturated carbocycles. The van der Waals surface area contributed by atoms with Crippen molar-refractivity contribution in [2.24, 2.45) is 5.73 Å². The van der Waals surface area contributed by atoms with Gasteiger partial charge in [-0.05, 0) is 36.4 Å². The Morgan fingerprint density at radius 1 is 1.16 bits per heavy atom. The van der Waals surface area contributed by atoms with Crippen LogP contribution in [0.2, 0.25) is 5.02 Å². The lowest BCUT2D eigenvalue weighted by molar-refractivity contribution is 0.100. The van der Waals surface area contributed by atoms with Crippen LogP contribution in [0.1, 0.15) is 10.4 Å². The van der Waals surface area contributed by atoms with Crippen molar-refractivity contribution in [3.8, 4) is 0 Å². The number of nitrogens with two attached hydrogens (primary N) is 2. The molecule has 0 radical (unpaired) electrons. The summed E-state index contributed by atoms with van der Waals surface area (Å²) in [5, 5.41) is 3.68. The standard InChI is InChI=1S/C13H11BrClN3O/c14-8-2-3-9(15)12(6-8)18-11-4-1-7(13(17)19)5-10(11)16/h1-6,18H,16H2,(H2,17,19). The van der Waals surface area contributed by atoms with Crippen molar-refractivity contribution in [2.45, 2.75) is 0 Å². The van der Waals surface area contributed by atoms with Gasteiger partial charge in [0, 0.05) is 10.0 Å². The Labute approximate surface area is 123 Å². The van der Waals surface area contributed by atoms with Crippen molar-refractivity contribution in [3.05, 3.63) is 51.5 Å². The molecule has 2 aromatic rings. The number of primary amides is 1. The van der Waals surface area contributed by atoms with E-state index in [2.05, 4.69) is 21.2 Å². The quantitative estimate of drug-likeness (QED) is 0.748. The molecule has 2 rings (SSSR count). The van der Waals surface area contributed by atoms with Gasteiger partial charge >= 0.3 is 0 Å². The average molecular weight is 341 g/mol. The molecule has 6 heteroatoms. The molecular formula is C13H11BrClN3O. The maximum atomic E-state index is 11.0. The number of hydrogen-bond acceptors (Lipinski definition) is 3. The van der Waals surface area contributed by atoms with Crippen molar-refractivity contribution in [3.63, 3.8) is 0 Å². The lowest BCUT2D eigenvalue weighted by Crippen LogP contribution is -2.11. The van der Waals surface area contributed by atoms with E-state index < -0.39 is 5.91 Å². The molecule has 0 bridgehead atoms. The van der Waals surface area contributed by atoms with Gasteiger partial charge in [-0.2, -0.15) is 0 Å². The fourth-order valence-electron chi connectivity index (χ4n) is 1.57. The molecule has 0 atom stereocenters. The van der Waals surface area contributed by atoms with Gasteiger partial charge in [0.1, 0.15) is 0 Å². The van der Waals surface area contributed by atoms with E-state index >= 15 is 0 Å². The smallest absolute Gasteiger partial charge is 0.248 e. The zero-order chi connectivity index (χ0) is 14.0. The van der Waals surface area contributed by atoms with E-state index in [1.807, 2.05) is 12.1 Å². The highest BCUT2D eigenvalue weighted by Crippen LogP contribution is 2.31. The molecule has 0 aliphatic rings. The maximum Gasteiger partial charge on any atom is 0.248 e. The van der Waals surface area contributed by atoms with Crippen molar-refractivity contribution in [2.75, 3.05) is 11.1 Å². The Balaban J connectivity index is 2.33. The van der Waals surface area contributed by atoms with Crippen LogP contribution in [0.4, 0.5) is 17.1 Å². The van der Waals surface area contributed by atoms with Crippen molar-refractivity contribution in [1.82, 2.24) is 0 Å². The van der Waals surface area contributed by atoms with Crippen molar-refractivity contribution in [1.29, 1.82) is 0 Å². The first-order chi connectivity index (χ1) is 8.97. The van der Waals surface area contributed by atoms with Crippen LogP contribution >= 0.6 is 27.5 Å². The first-order valence-corrected chi connectivity index (χ1v) is 6.56. The number of hydrogen-bond donors (Lipinski definition) is 3. The number of halogens is 2. The Bertz CT molecular complexity index is 646. The summed E-state index contributed by atoms with van der Waals surface area (Å²) in [5.41, 5.74) is 13.2. The highest BCUT2D eigenvalue weighted by Gasteiger charge is 2.07. The predicted octanol–water partition coefficient (Wildman–Crippen LogP) is 3.53. The zero-order valence-electron chi connectivity index (χ0n) is 9.78. The summed E-state index contributed by atoms with van der Waals surface area (Å²) < 4.78 is 0.895. The Hall–Kier alpha value is -1.72. The number of benzene rings is 2. The van der Waals surface area contributed by atoms with Gasteiger partial charge in [-0.3, -0.25) is 4.79 Å². The third-order valence-corrected chi connectivity index (χ3v) is 3.36. The maximum absolute atomic E-state index is 11.0. The van der Waals surface area contributed by atoms with E-state index in [9.17, 15) is 4.79 Å². The molecule has 0 saturated heterocycles. The minimum absolute atomic E-state index is 0.364. The van der Waals surface area contributed by atoms with Gasteiger partial charge in [0.25, 0.3) is 0 Å². The molecule has 2 aromatic carbocycles. The van der Waals surface area contributed by atoms with E-state index in [1.54, 1.807) is 18.2 Å². The van der Waals surface area contributed by atoms with E-state index in [-0.39, 0.29) is 0 Å². The van der Waals surface area contributed by atoms with Crippen LogP contribution in [0, 0.1) is 0 Å². The number of amides is 1. The third-order valence-electron chi connectivity index (χ3n) is 2.53. The molecule has 4 nitrogen and oxygen atoms in total. The van der Waals surface area contributed by atoms with E-state index in [0.717, 1.165) is 10.2 Å². The van der Waals surface area contributed by atoms with Crippen molar-refractivity contribution >= 4 is 50.5 Å². The Morgan fingerprint density at radius 2 is 1.89 bits per heavy atom. The molecule has 0 fully saturated rings. The zero-order valence-corrected chi connectivity index (χ0v) is 12.1. The molecule has 0 aliphatic carbocycles. The second-order valence-corrected chi connectivity index (χ2v) is 5.24. The largest absolute Gasteiger partial charge is 0.397 e. The van der Waals surface area contributed by atoms with Gasteiger partial charge in [0.05, 0.1) is 22.1 Å². The van der Waals surface area contributed by atoms with E-state index in [4.69, 9.17) is 23.1 Å². The first-order valence-electron chi connectivity index (χ1n) is 5.39. The van der Waals surface area contributed by atoms with Crippen LogP contribution in [0.25, 0.3) is 0 Å². The molecular weight excluding hydrogens is 330 g/mol. The van der Waals surface area contributed by atoms with Gasteiger partial charge in [-0.1, -0.05) is 27.5 Å². The third kappa shape index (κ3) is 3.19. The SMILES string of the molecule is NC(=O)c1ccc(Nc2cc(Br)ccc2Cl)c(N)c1. The minimum Gasteiger partial charge on any atom is -0.397 e. The molecule has 0 aromatic heterocycles. The molecule has 1 amide bonds. The summed E-state index contributed by atoms with van der Waals surface area (Å²) in [6, 6.07) is 10.3. The molecule has 0 heterocycles. The summed E-state index contributed by atoms with van der Waals surface area (Å²) in [4.78, 5) is 11.0. The first kappa shape index (κ1) is 13.7. The van der Waals surface area contributed by atoms with Gasteiger partial charge in [-0.15, -0.1) is 0 Å². The molecule has 0 unspecified atom stereocenters. The average Bonchev–Trinajstić information content (AvgIpc) is 2.36. The van der Waals surface area contributed by atoms with Gasteiger partial charge in [-0.25, -0.2) is 0 Å². The van der Waals surface area contributed by atoms with E-state index in [0.29, 0.717) is 22.0 Å².